The minimum atomic E-state index is -0.740. The van der Waals surface area contributed by atoms with Crippen LogP contribution in [-0.2, 0) is 4.74 Å². The largest absolute Gasteiger partial charge is 0.507 e. The van der Waals surface area contributed by atoms with Gasteiger partial charge in [0.2, 0.25) is 0 Å². The molecule has 106 valence electrons. The predicted molar refractivity (Wildman–Crippen MR) is 75.7 cm³/mol. The quantitative estimate of drug-likeness (QED) is 0.557. The monoisotopic (exact) mass is 284 g/mol. The molecule has 0 bridgehead atoms. The van der Waals surface area contributed by atoms with Gasteiger partial charge in [0.15, 0.2) is 0 Å². The molecule has 3 aromatic rings. The summed E-state index contributed by atoms with van der Waals surface area (Å²) in [5, 5.41) is 20.1. The Morgan fingerprint density at radius 1 is 1.14 bits per heavy atom. The summed E-state index contributed by atoms with van der Waals surface area (Å²) < 4.78 is 6.22. The molecule has 6 heteroatoms. The summed E-state index contributed by atoms with van der Waals surface area (Å²) in [5.74, 6) is -1.17. The van der Waals surface area contributed by atoms with Crippen molar-refractivity contribution in [3.63, 3.8) is 0 Å². The summed E-state index contributed by atoms with van der Waals surface area (Å²) in [6.45, 7) is 0. The number of aromatic hydroxyl groups is 2. The highest BCUT2D eigenvalue weighted by Gasteiger charge is 2.23. The fourth-order valence-corrected chi connectivity index (χ4v) is 2.25. The van der Waals surface area contributed by atoms with Crippen LogP contribution in [0.4, 0.5) is 0 Å². The van der Waals surface area contributed by atoms with Crippen molar-refractivity contribution < 1.29 is 19.7 Å². The number of benzene rings is 2. The van der Waals surface area contributed by atoms with Crippen molar-refractivity contribution in [3.05, 3.63) is 48.3 Å². The predicted octanol–water partition coefficient (Wildman–Crippen LogP) is 2.22. The Bertz CT molecular complexity index is 839. The molecule has 2 aromatic carbocycles. The second kappa shape index (κ2) is 4.82. The molecule has 0 radical (unpaired) electrons. The first-order valence-corrected chi connectivity index (χ1v) is 6.19. The van der Waals surface area contributed by atoms with Crippen molar-refractivity contribution in [3.8, 4) is 17.2 Å². The van der Waals surface area contributed by atoms with Crippen molar-refractivity contribution in [2.45, 2.75) is 0 Å². The maximum atomic E-state index is 11.9. The number of hydrogen-bond acceptors (Lipinski definition) is 5. The van der Waals surface area contributed by atoms with Crippen LogP contribution in [0.5, 0.6) is 11.5 Å². The van der Waals surface area contributed by atoms with Crippen LogP contribution in [0.1, 0.15) is 10.4 Å². The maximum absolute atomic E-state index is 11.9. The third kappa shape index (κ3) is 1.97. The van der Waals surface area contributed by atoms with E-state index in [2.05, 4.69) is 9.72 Å². The molecule has 0 amide bonds. The molecule has 0 aliphatic heterocycles. The lowest BCUT2D eigenvalue weighted by Gasteiger charge is -2.13. The molecule has 0 saturated heterocycles. The summed E-state index contributed by atoms with van der Waals surface area (Å²) in [6, 6.07) is 9.81. The molecule has 0 aliphatic carbocycles. The van der Waals surface area contributed by atoms with Gasteiger partial charge in [-0.1, -0.05) is 12.1 Å². The van der Waals surface area contributed by atoms with E-state index in [1.165, 1.54) is 30.1 Å². The number of methoxy groups -OCH3 is 1. The first kappa shape index (κ1) is 13.0. The van der Waals surface area contributed by atoms with E-state index in [0.717, 1.165) is 0 Å². The minimum absolute atomic E-state index is 0.111. The molecule has 1 aromatic heterocycles. The smallest absolute Gasteiger partial charge is 0.343 e. The van der Waals surface area contributed by atoms with Gasteiger partial charge in [0.25, 0.3) is 0 Å². The van der Waals surface area contributed by atoms with Crippen LogP contribution < -0.4 is 0 Å². The Labute approximate surface area is 119 Å². The molecule has 0 saturated carbocycles. The SMILES string of the molecule is COC(=O)c1c(O)ccc(O)c1-n1cnc2ccccc21. The zero-order chi connectivity index (χ0) is 15.0. The van der Waals surface area contributed by atoms with E-state index in [-0.39, 0.29) is 22.7 Å². The first-order valence-electron chi connectivity index (χ1n) is 6.19. The van der Waals surface area contributed by atoms with Crippen LogP contribution in [0.2, 0.25) is 0 Å². The number of imidazole rings is 1. The molecule has 0 aliphatic rings. The second-order valence-corrected chi connectivity index (χ2v) is 4.42. The number of carbonyl (C=O) groups is 1. The van der Waals surface area contributed by atoms with E-state index >= 15 is 0 Å². The Morgan fingerprint density at radius 2 is 1.86 bits per heavy atom. The van der Waals surface area contributed by atoms with Crippen LogP contribution >= 0.6 is 0 Å². The highest BCUT2D eigenvalue weighted by molar-refractivity contribution is 5.98. The molecule has 0 unspecified atom stereocenters. The van der Waals surface area contributed by atoms with E-state index in [9.17, 15) is 15.0 Å². The summed E-state index contributed by atoms with van der Waals surface area (Å²) in [4.78, 5) is 16.1. The van der Waals surface area contributed by atoms with E-state index < -0.39 is 5.97 Å². The molecular weight excluding hydrogens is 272 g/mol. The lowest BCUT2D eigenvalue weighted by atomic mass is 10.1. The normalized spacial score (nSPS) is 10.7. The number of hydrogen-bond donors (Lipinski definition) is 2. The van der Waals surface area contributed by atoms with E-state index in [0.29, 0.717) is 11.0 Å². The van der Waals surface area contributed by atoms with Gasteiger partial charge in [-0.25, -0.2) is 9.78 Å². The van der Waals surface area contributed by atoms with Crippen LogP contribution in [0.15, 0.2) is 42.7 Å². The fourth-order valence-electron chi connectivity index (χ4n) is 2.25. The molecule has 3 rings (SSSR count). The van der Waals surface area contributed by atoms with Gasteiger partial charge in [-0.05, 0) is 24.3 Å². The van der Waals surface area contributed by atoms with Crippen molar-refractivity contribution >= 4 is 17.0 Å². The number of ether oxygens (including phenoxy) is 1. The zero-order valence-corrected chi connectivity index (χ0v) is 11.1. The Morgan fingerprint density at radius 3 is 2.62 bits per heavy atom. The summed E-state index contributed by atoms with van der Waals surface area (Å²) in [6.07, 6.45) is 1.48. The Hall–Kier alpha value is -3.02. The van der Waals surface area contributed by atoms with E-state index in [1.807, 2.05) is 18.2 Å². The number of fused-ring (bicyclic) bond motifs is 1. The third-order valence-corrected chi connectivity index (χ3v) is 3.22. The number of phenols is 2. The lowest BCUT2D eigenvalue weighted by molar-refractivity contribution is 0.0597. The summed E-state index contributed by atoms with van der Waals surface area (Å²) in [7, 11) is 1.21. The number of para-hydroxylation sites is 2. The van der Waals surface area contributed by atoms with Gasteiger partial charge in [-0.2, -0.15) is 0 Å². The first-order chi connectivity index (χ1) is 10.1. The zero-order valence-electron chi connectivity index (χ0n) is 11.1. The molecule has 0 spiro atoms. The van der Waals surface area contributed by atoms with E-state index in [1.54, 1.807) is 6.07 Å². The average molecular weight is 284 g/mol. The van der Waals surface area contributed by atoms with Gasteiger partial charge in [0, 0.05) is 0 Å². The topological polar surface area (TPSA) is 84.6 Å². The van der Waals surface area contributed by atoms with Crippen LogP contribution in [-0.4, -0.2) is 32.8 Å². The van der Waals surface area contributed by atoms with Crippen molar-refractivity contribution in [1.82, 2.24) is 9.55 Å². The summed E-state index contributed by atoms with van der Waals surface area (Å²) >= 11 is 0. The highest BCUT2D eigenvalue weighted by Crippen LogP contribution is 2.34. The molecule has 0 fully saturated rings. The number of rotatable bonds is 2. The number of aromatic nitrogens is 2. The average Bonchev–Trinajstić information content (AvgIpc) is 2.92. The number of esters is 1. The van der Waals surface area contributed by atoms with Gasteiger partial charge in [-0.3, -0.25) is 4.57 Å². The molecule has 6 nitrogen and oxygen atoms in total. The van der Waals surface area contributed by atoms with Crippen LogP contribution in [0.3, 0.4) is 0 Å². The second-order valence-electron chi connectivity index (χ2n) is 4.42. The number of carbonyl (C=O) groups excluding carboxylic acids is 1. The minimum Gasteiger partial charge on any atom is -0.507 e. The van der Waals surface area contributed by atoms with Gasteiger partial charge < -0.3 is 14.9 Å². The standard InChI is InChI=1S/C15H12N2O4/c1-21-15(20)13-11(18)6-7-12(19)14(13)17-8-16-9-4-2-3-5-10(9)17/h2-8,18-19H,1H3. The Balaban J connectivity index is 2.36. The molecular formula is C15H12N2O4. The molecule has 2 N–H and O–H groups in total. The third-order valence-electron chi connectivity index (χ3n) is 3.22. The van der Waals surface area contributed by atoms with Gasteiger partial charge >= 0.3 is 5.97 Å². The summed E-state index contributed by atoms with van der Waals surface area (Å²) in [5.41, 5.74) is 1.43. The highest BCUT2D eigenvalue weighted by atomic mass is 16.5. The van der Waals surface area contributed by atoms with Crippen molar-refractivity contribution in [2.24, 2.45) is 0 Å². The van der Waals surface area contributed by atoms with Crippen molar-refractivity contribution in [2.75, 3.05) is 7.11 Å². The van der Waals surface area contributed by atoms with E-state index in [4.69, 9.17) is 0 Å². The number of nitrogens with zero attached hydrogens (tertiary/aromatic N) is 2. The molecule has 21 heavy (non-hydrogen) atoms. The van der Waals surface area contributed by atoms with Crippen molar-refractivity contribution in [1.29, 1.82) is 0 Å². The lowest BCUT2D eigenvalue weighted by Crippen LogP contribution is -2.08. The van der Waals surface area contributed by atoms with Gasteiger partial charge in [0.05, 0.1) is 18.1 Å². The van der Waals surface area contributed by atoms with Gasteiger partial charge in [0.1, 0.15) is 29.1 Å². The molecule has 0 atom stereocenters. The van der Waals surface area contributed by atoms with Crippen LogP contribution in [0, 0.1) is 0 Å². The maximum Gasteiger partial charge on any atom is 0.343 e. The number of phenolic OH excluding ortho intramolecular Hbond substituents is 2. The van der Waals surface area contributed by atoms with Crippen LogP contribution in [0.25, 0.3) is 16.7 Å². The molecule has 1 heterocycles. The fraction of sp³-hybridized carbons (Fsp3) is 0.0667. The van der Waals surface area contributed by atoms with Gasteiger partial charge in [-0.15, -0.1) is 0 Å². The Kier molecular flexibility index (Phi) is 2.98.